The molecule has 0 saturated heterocycles. The van der Waals surface area contributed by atoms with Crippen molar-refractivity contribution in [3.8, 4) is 6.07 Å². The summed E-state index contributed by atoms with van der Waals surface area (Å²) in [4.78, 5) is 0. The molecule has 1 aliphatic rings. The van der Waals surface area contributed by atoms with Gasteiger partial charge in [-0.1, -0.05) is 11.8 Å². The molecule has 0 N–H and O–H groups in total. The van der Waals surface area contributed by atoms with Gasteiger partial charge in [0.1, 0.15) is 6.07 Å². The minimum atomic E-state index is 0.500. The van der Waals surface area contributed by atoms with Crippen molar-refractivity contribution in [2.45, 2.75) is 0 Å². The summed E-state index contributed by atoms with van der Waals surface area (Å²) in [6.07, 6.45) is 0. The van der Waals surface area contributed by atoms with Crippen LogP contribution < -0.4 is 0 Å². The van der Waals surface area contributed by atoms with Gasteiger partial charge in [0.15, 0.2) is 5.04 Å². The van der Waals surface area contributed by atoms with E-state index in [1.807, 2.05) is 6.07 Å². The Labute approximate surface area is 52.0 Å². The molecule has 0 atom stereocenters. The average molecular weight is 126 g/mol. The molecule has 0 aromatic rings. The number of thioether (sulfide) groups is 1. The van der Waals surface area contributed by atoms with Crippen molar-refractivity contribution in [1.82, 2.24) is 5.01 Å². The Hall–Kier alpha value is -0.690. The molecule has 0 fully saturated rings. The summed E-state index contributed by atoms with van der Waals surface area (Å²) in [5.74, 6) is 0.697. The normalized spacial score (nSPS) is 18.0. The van der Waals surface area contributed by atoms with Crippen LogP contribution in [-0.4, -0.2) is 15.9 Å². The zero-order valence-corrected chi connectivity index (χ0v) is 4.98. The van der Waals surface area contributed by atoms with Crippen LogP contribution in [0.5, 0.6) is 0 Å². The molecule has 0 spiro atoms. The highest BCUT2D eigenvalue weighted by Gasteiger charge is 2.08. The van der Waals surface area contributed by atoms with Gasteiger partial charge < -0.3 is 0 Å². The molecule has 0 saturated carbocycles. The molecule has 8 heavy (non-hydrogen) atoms. The standard InChI is InChI=1S/C4H4N3S/c1-7-3-8-4(2-5)6-7/h1,3H2. The highest BCUT2D eigenvalue weighted by Crippen LogP contribution is 2.13. The second-order valence-electron chi connectivity index (χ2n) is 1.30. The summed E-state index contributed by atoms with van der Waals surface area (Å²) in [7, 11) is 3.51. The van der Waals surface area contributed by atoms with E-state index in [4.69, 9.17) is 5.26 Å². The third-order valence-corrected chi connectivity index (χ3v) is 1.55. The molecule has 3 nitrogen and oxygen atoms in total. The van der Waals surface area contributed by atoms with Crippen LogP contribution in [0.3, 0.4) is 0 Å². The molecule has 1 rings (SSSR count). The van der Waals surface area contributed by atoms with Crippen LogP contribution in [0.25, 0.3) is 0 Å². The molecular weight excluding hydrogens is 122 g/mol. The van der Waals surface area contributed by atoms with E-state index in [0.717, 1.165) is 0 Å². The van der Waals surface area contributed by atoms with Crippen molar-refractivity contribution in [3.63, 3.8) is 0 Å². The lowest BCUT2D eigenvalue weighted by Crippen LogP contribution is -1.98. The first-order chi connectivity index (χ1) is 3.83. The molecule has 0 bridgehead atoms. The second kappa shape index (κ2) is 2.05. The summed E-state index contributed by atoms with van der Waals surface area (Å²) < 4.78 is 0. The zero-order valence-electron chi connectivity index (χ0n) is 4.16. The van der Waals surface area contributed by atoms with Gasteiger partial charge in [0.25, 0.3) is 0 Å². The summed E-state index contributed by atoms with van der Waals surface area (Å²) >= 11 is 1.40. The SMILES string of the molecule is [CH2]N1CSC(C#N)=N1. The molecule has 1 radical (unpaired) electrons. The third-order valence-electron chi connectivity index (χ3n) is 0.678. The molecule has 0 aliphatic carbocycles. The van der Waals surface area contributed by atoms with E-state index < -0.39 is 0 Å². The predicted octanol–water partition coefficient (Wildman–Crippen LogP) is 0.621. The number of hydrazone groups is 1. The van der Waals surface area contributed by atoms with Gasteiger partial charge in [0.2, 0.25) is 0 Å². The lowest BCUT2D eigenvalue weighted by Gasteiger charge is -1.98. The molecule has 41 valence electrons. The lowest BCUT2D eigenvalue weighted by atomic mass is 10.8. The second-order valence-corrected chi connectivity index (χ2v) is 2.23. The monoisotopic (exact) mass is 126 g/mol. The van der Waals surface area contributed by atoms with Crippen LogP contribution in [0.4, 0.5) is 0 Å². The first-order valence-electron chi connectivity index (χ1n) is 2.02. The Morgan fingerprint density at radius 3 is 3.00 bits per heavy atom. The van der Waals surface area contributed by atoms with E-state index in [1.165, 1.54) is 16.8 Å². The quantitative estimate of drug-likeness (QED) is 0.477. The Kier molecular flexibility index (Phi) is 1.40. The zero-order chi connectivity index (χ0) is 5.98. The molecule has 0 unspecified atom stereocenters. The fraction of sp³-hybridized carbons (Fsp3) is 0.250. The largest absolute Gasteiger partial charge is 0.283 e. The minimum absolute atomic E-state index is 0.500. The van der Waals surface area contributed by atoms with E-state index >= 15 is 0 Å². The molecule has 4 heteroatoms. The highest BCUT2D eigenvalue weighted by atomic mass is 32.2. The van der Waals surface area contributed by atoms with Crippen molar-refractivity contribution in [3.05, 3.63) is 7.05 Å². The minimum Gasteiger partial charge on any atom is -0.283 e. The van der Waals surface area contributed by atoms with E-state index in [2.05, 4.69) is 12.1 Å². The first-order valence-corrected chi connectivity index (χ1v) is 3.01. The Bertz CT molecular complexity index is 157. The highest BCUT2D eigenvalue weighted by molar-refractivity contribution is 8.14. The van der Waals surface area contributed by atoms with Gasteiger partial charge in [0.05, 0.1) is 12.9 Å². The number of hydrogen-bond donors (Lipinski definition) is 0. The molecule has 1 heterocycles. The van der Waals surface area contributed by atoms with Crippen molar-refractivity contribution < 1.29 is 0 Å². The van der Waals surface area contributed by atoms with Crippen LogP contribution in [0.15, 0.2) is 5.10 Å². The van der Waals surface area contributed by atoms with Gasteiger partial charge in [-0.05, 0) is 0 Å². The van der Waals surface area contributed by atoms with Gasteiger partial charge in [0, 0.05) is 0 Å². The molecular formula is C4H4N3S. The maximum Gasteiger partial charge on any atom is 0.195 e. The Morgan fingerprint density at radius 2 is 2.75 bits per heavy atom. The Morgan fingerprint density at radius 1 is 2.00 bits per heavy atom. The molecule has 0 aromatic heterocycles. The van der Waals surface area contributed by atoms with Crippen LogP contribution in [0.2, 0.25) is 0 Å². The smallest absolute Gasteiger partial charge is 0.195 e. The van der Waals surface area contributed by atoms with Gasteiger partial charge in [-0.25, -0.2) is 0 Å². The van der Waals surface area contributed by atoms with Gasteiger partial charge in [-0.2, -0.15) is 10.4 Å². The summed E-state index contributed by atoms with van der Waals surface area (Å²) in [5, 5.41) is 14.0. The van der Waals surface area contributed by atoms with Crippen LogP contribution in [0.1, 0.15) is 0 Å². The summed E-state index contributed by atoms with van der Waals surface area (Å²) in [5.41, 5.74) is 0. The van der Waals surface area contributed by atoms with E-state index in [1.54, 1.807) is 0 Å². The van der Waals surface area contributed by atoms with Gasteiger partial charge in [-0.3, -0.25) is 5.01 Å². The topological polar surface area (TPSA) is 39.4 Å². The van der Waals surface area contributed by atoms with Gasteiger partial charge >= 0.3 is 0 Å². The number of nitrogens with zero attached hydrogens (tertiary/aromatic N) is 3. The molecule has 1 aliphatic heterocycles. The van der Waals surface area contributed by atoms with Gasteiger partial charge in [-0.15, -0.1) is 0 Å². The molecule has 0 amide bonds. The first kappa shape index (κ1) is 5.45. The lowest BCUT2D eigenvalue weighted by molar-refractivity contribution is 0.476. The van der Waals surface area contributed by atoms with Crippen molar-refractivity contribution in [2.75, 3.05) is 5.88 Å². The summed E-state index contributed by atoms with van der Waals surface area (Å²) in [6, 6.07) is 1.93. The fourth-order valence-electron chi connectivity index (χ4n) is 0.376. The van der Waals surface area contributed by atoms with E-state index in [-0.39, 0.29) is 0 Å². The van der Waals surface area contributed by atoms with Crippen molar-refractivity contribution >= 4 is 16.8 Å². The number of nitriles is 1. The van der Waals surface area contributed by atoms with Crippen LogP contribution in [-0.2, 0) is 0 Å². The maximum atomic E-state index is 8.23. The number of hydrogen-bond acceptors (Lipinski definition) is 4. The molecule has 0 aromatic carbocycles. The van der Waals surface area contributed by atoms with Crippen LogP contribution in [0, 0.1) is 18.4 Å². The fourth-order valence-corrected chi connectivity index (χ4v) is 0.943. The predicted molar refractivity (Wildman–Crippen MR) is 32.7 cm³/mol. The van der Waals surface area contributed by atoms with E-state index in [9.17, 15) is 0 Å². The van der Waals surface area contributed by atoms with Crippen LogP contribution >= 0.6 is 11.8 Å². The third kappa shape index (κ3) is 0.928. The van der Waals surface area contributed by atoms with E-state index in [0.29, 0.717) is 10.9 Å². The van der Waals surface area contributed by atoms with Crippen molar-refractivity contribution in [1.29, 1.82) is 5.26 Å². The van der Waals surface area contributed by atoms with Crippen molar-refractivity contribution in [2.24, 2.45) is 5.10 Å². The Balaban J connectivity index is 2.61. The average Bonchev–Trinajstić information content (AvgIpc) is 2.14. The summed E-state index contributed by atoms with van der Waals surface area (Å²) in [6.45, 7) is 0. The number of rotatable bonds is 0. The maximum absolute atomic E-state index is 8.23.